The standard InChI is InChI=1S/C20H27N3O4/c1-15-3-2-4-17(13-15)22-7-9-23(10-8-22)18(24)14-21-20(26)19(25)16-5-11-27-12-6-16/h2-4,13,16H,5-12,14H2,1H3,(H,21,26). The minimum absolute atomic E-state index is 0.127. The monoisotopic (exact) mass is 373 g/mol. The molecular formula is C20H27N3O4. The fraction of sp³-hybridized carbons (Fsp3) is 0.550. The normalized spacial score (nSPS) is 18.3. The van der Waals surface area contributed by atoms with Crippen molar-refractivity contribution in [1.82, 2.24) is 10.2 Å². The van der Waals surface area contributed by atoms with Crippen LogP contribution in [0.2, 0.25) is 0 Å². The summed E-state index contributed by atoms with van der Waals surface area (Å²) in [6, 6.07) is 8.31. The maximum atomic E-state index is 12.4. The van der Waals surface area contributed by atoms with E-state index in [2.05, 4.69) is 35.3 Å². The molecule has 0 spiro atoms. The maximum absolute atomic E-state index is 12.4. The van der Waals surface area contributed by atoms with Gasteiger partial charge in [0.25, 0.3) is 5.91 Å². The largest absolute Gasteiger partial charge is 0.381 e. The summed E-state index contributed by atoms with van der Waals surface area (Å²) < 4.78 is 5.21. The van der Waals surface area contributed by atoms with Crippen LogP contribution in [-0.2, 0) is 19.1 Å². The Morgan fingerprint density at radius 3 is 2.48 bits per heavy atom. The van der Waals surface area contributed by atoms with E-state index in [0.717, 1.165) is 18.8 Å². The van der Waals surface area contributed by atoms with Gasteiger partial charge in [-0.25, -0.2) is 0 Å². The van der Waals surface area contributed by atoms with Crippen LogP contribution in [0.5, 0.6) is 0 Å². The fourth-order valence-corrected chi connectivity index (χ4v) is 3.54. The van der Waals surface area contributed by atoms with Gasteiger partial charge in [0.2, 0.25) is 11.7 Å². The van der Waals surface area contributed by atoms with E-state index in [-0.39, 0.29) is 18.4 Å². The summed E-state index contributed by atoms with van der Waals surface area (Å²) in [4.78, 5) is 40.5. The summed E-state index contributed by atoms with van der Waals surface area (Å²) in [6.07, 6.45) is 1.14. The molecular weight excluding hydrogens is 346 g/mol. The van der Waals surface area contributed by atoms with Gasteiger partial charge in [-0.3, -0.25) is 14.4 Å². The lowest BCUT2D eigenvalue weighted by atomic mass is 9.95. The average molecular weight is 373 g/mol. The van der Waals surface area contributed by atoms with Crippen molar-refractivity contribution in [3.63, 3.8) is 0 Å². The third kappa shape index (κ3) is 5.07. The Hall–Kier alpha value is -2.41. The van der Waals surface area contributed by atoms with Crippen LogP contribution in [0.25, 0.3) is 0 Å². The van der Waals surface area contributed by atoms with Gasteiger partial charge < -0.3 is 19.9 Å². The number of hydrogen-bond acceptors (Lipinski definition) is 5. The number of benzene rings is 1. The number of carbonyl (C=O) groups is 3. The van der Waals surface area contributed by atoms with E-state index in [1.165, 1.54) is 5.56 Å². The summed E-state index contributed by atoms with van der Waals surface area (Å²) >= 11 is 0. The smallest absolute Gasteiger partial charge is 0.288 e. The van der Waals surface area contributed by atoms with Crippen molar-refractivity contribution in [3.8, 4) is 0 Å². The molecule has 2 aliphatic heterocycles. The summed E-state index contributed by atoms with van der Waals surface area (Å²) in [6.45, 7) is 5.68. The van der Waals surface area contributed by atoms with Gasteiger partial charge in [-0.1, -0.05) is 12.1 Å². The van der Waals surface area contributed by atoms with Crippen LogP contribution in [0.15, 0.2) is 24.3 Å². The number of carbonyl (C=O) groups excluding carboxylic acids is 3. The lowest BCUT2D eigenvalue weighted by Gasteiger charge is -2.36. The Bertz CT molecular complexity index is 692. The highest BCUT2D eigenvalue weighted by Crippen LogP contribution is 2.18. The Morgan fingerprint density at radius 2 is 1.81 bits per heavy atom. The lowest BCUT2D eigenvalue weighted by molar-refractivity contribution is -0.143. The molecule has 2 fully saturated rings. The first-order valence-electron chi connectivity index (χ1n) is 9.54. The van der Waals surface area contributed by atoms with Crippen molar-refractivity contribution in [1.29, 1.82) is 0 Å². The van der Waals surface area contributed by atoms with Gasteiger partial charge in [-0.2, -0.15) is 0 Å². The molecule has 2 heterocycles. The molecule has 27 heavy (non-hydrogen) atoms. The second-order valence-electron chi connectivity index (χ2n) is 7.14. The molecule has 0 aromatic heterocycles. The lowest BCUT2D eigenvalue weighted by Crippen LogP contribution is -2.52. The minimum Gasteiger partial charge on any atom is -0.381 e. The second kappa shape index (κ2) is 8.99. The molecule has 0 radical (unpaired) electrons. The van der Waals surface area contributed by atoms with Gasteiger partial charge in [-0.05, 0) is 37.5 Å². The number of Topliss-reactive ketones (excluding diaryl/α,β-unsaturated/α-hetero) is 1. The zero-order chi connectivity index (χ0) is 19.2. The molecule has 0 bridgehead atoms. The van der Waals surface area contributed by atoms with E-state index < -0.39 is 11.7 Å². The van der Waals surface area contributed by atoms with Crippen molar-refractivity contribution in [2.45, 2.75) is 19.8 Å². The third-order valence-corrected chi connectivity index (χ3v) is 5.22. The third-order valence-electron chi connectivity index (χ3n) is 5.22. The van der Waals surface area contributed by atoms with Crippen LogP contribution in [0.3, 0.4) is 0 Å². The fourth-order valence-electron chi connectivity index (χ4n) is 3.54. The number of amides is 2. The molecule has 0 saturated carbocycles. The molecule has 7 heteroatoms. The molecule has 0 atom stereocenters. The molecule has 1 aromatic carbocycles. The molecule has 2 aliphatic rings. The number of nitrogens with one attached hydrogen (secondary N) is 1. The van der Waals surface area contributed by atoms with Gasteiger partial charge in [0.05, 0.1) is 6.54 Å². The number of aryl methyl sites for hydroxylation is 1. The molecule has 1 aromatic rings. The van der Waals surface area contributed by atoms with Gasteiger partial charge in [0, 0.05) is 51.0 Å². The summed E-state index contributed by atoms with van der Waals surface area (Å²) in [7, 11) is 0. The first kappa shape index (κ1) is 19.4. The topological polar surface area (TPSA) is 79.0 Å². The molecule has 0 unspecified atom stereocenters. The minimum atomic E-state index is -0.659. The van der Waals surface area contributed by atoms with E-state index in [1.54, 1.807) is 4.90 Å². The number of hydrogen-bond donors (Lipinski definition) is 1. The first-order chi connectivity index (χ1) is 13.0. The Morgan fingerprint density at radius 1 is 1.11 bits per heavy atom. The van der Waals surface area contributed by atoms with Crippen LogP contribution in [0, 0.1) is 12.8 Å². The summed E-state index contributed by atoms with van der Waals surface area (Å²) in [5.41, 5.74) is 2.38. The zero-order valence-corrected chi connectivity index (χ0v) is 15.8. The highest BCUT2D eigenvalue weighted by atomic mass is 16.5. The van der Waals surface area contributed by atoms with Gasteiger partial charge in [0.1, 0.15) is 0 Å². The van der Waals surface area contributed by atoms with Gasteiger partial charge in [0.15, 0.2) is 0 Å². The van der Waals surface area contributed by atoms with Crippen molar-refractivity contribution in [3.05, 3.63) is 29.8 Å². The average Bonchev–Trinajstić information content (AvgIpc) is 2.72. The van der Waals surface area contributed by atoms with E-state index in [9.17, 15) is 14.4 Å². The zero-order valence-electron chi connectivity index (χ0n) is 15.8. The maximum Gasteiger partial charge on any atom is 0.288 e. The van der Waals surface area contributed by atoms with Crippen molar-refractivity contribution < 1.29 is 19.1 Å². The molecule has 3 rings (SSSR count). The van der Waals surface area contributed by atoms with Crippen LogP contribution in [-0.4, -0.2) is 68.4 Å². The van der Waals surface area contributed by atoms with E-state index in [1.807, 2.05) is 6.07 Å². The van der Waals surface area contributed by atoms with Crippen LogP contribution < -0.4 is 10.2 Å². The van der Waals surface area contributed by atoms with E-state index >= 15 is 0 Å². The molecule has 2 saturated heterocycles. The quantitative estimate of drug-likeness (QED) is 0.771. The highest BCUT2D eigenvalue weighted by molar-refractivity contribution is 6.37. The number of rotatable bonds is 5. The van der Waals surface area contributed by atoms with Crippen LogP contribution in [0.4, 0.5) is 5.69 Å². The van der Waals surface area contributed by atoms with Crippen molar-refractivity contribution in [2.75, 3.05) is 50.8 Å². The second-order valence-corrected chi connectivity index (χ2v) is 7.14. The number of ketones is 1. The van der Waals surface area contributed by atoms with E-state index in [4.69, 9.17) is 4.74 Å². The Labute approximate surface area is 159 Å². The SMILES string of the molecule is Cc1cccc(N2CCN(C(=O)CNC(=O)C(=O)C3CCOCC3)CC2)c1. The molecule has 2 amide bonds. The van der Waals surface area contributed by atoms with Crippen LogP contribution in [0.1, 0.15) is 18.4 Å². The number of anilines is 1. The molecule has 7 nitrogen and oxygen atoms in total. The summed E-state index contributed by atoms with van der Waals surface area (Å²) in [5, 5.41) is 2.49. The molecule has 146 valence electrons. The van der Waals surface area contributed by atoms with Crippen molar-refractivity contribution in [2.24, 2.45) is 5.92 Å². The number of nitrogens with zero attached hydrogens (tertiary/aromatic N) is 2. The molecule has 1 N–H and O–H groups in total. The first-order valence-corrected chi connectivity index (χ1v) is 9.54. The number of ether oxygens (including phenoxy) is 1. The highest BCUT2D eigenvalue weighted by Gasteiger charge is 2.28. The predicted octanol–water partition coefficient (Wildman–Crippen LogP) is 0.756. The van der Waals surface area contributed by atoms with Crippen molar-refractivity contribution >= 4 is 23.3 Å². The van der Waals surface area contributed by atoms with Crippen LogP contribution >= 0.6 is 0 Å². The molecule has 0 aliphatic carbocycles. The Balaban J connectivity index is 1.42. The van der Waals surface area contributed by atoms with Gasteiger partial charge >= 0.3 is 0 Å². The van der Waals surface area contributed by atoms with Gasteiger partial charge in [-0.15, -0.1) is 0 Å². The predicted molar refractivity (Wildman–Crippen MR) is 102 cm³/mol. The van der Waals surface area contributed by atoms with E-state index in [0.29, 0.717) is 39.1 Å². The Kier molecular flexibility index (Phi) is 6.45. The number of piperazine rings is 1. The summed E-state index contributed by atoms with van der Waals surface area (Å²) in [5.74, 6) is -1.53.